The van der Waals surface area contributed by atoms with Gasteiger partial charge in [0, 0.05) is 23.7 Å². The molecule has 0 aliphatic carbocycles. The van der Waals surface area contributed by atoms with E-state index in [0.717, 1.165) is 30.5 Å². The molecule has 4 aromatic rings. The fourth-order valence-electron chi connectivity index (χ4n) is 4.52. The minimum absolute atomic E-state index is 0.0472. The Morgan fingerprint density at radius 3 is 2.29 bits per heavy atom. The van der Waals surface area contributed by atoms with Crippen molar-refractivity contribution in [2.24, 2.45) is 5.92 Å². The first-order valence-corrected chi connectivity index (χ1v) is 11.9. The van der Waals surface area contributed by atoms with Gasteiger partial charge in [0.25, 0.3) is 5.91 Å². The highest BCUT2D eigenvalue weighted by molar-refractivity contribution is 6.30. The number of halogens is 2. The van der Waals surface area contributed by atoms with Gasteiger partial charge >= 0.3 is 0 Å². The van der Waals surface area contributed by atoms with Gasteiger partial charge in [0.1, 0.15) is 11.5 Å². The molecule has 34 heavy (non-hydrogen) atoms. The second-order valence-corrected chi connectivity index (χ2v) is 9.17. The van der Waals surface area contributed by atoms with Crippen molar-refractivity contribution in [1.82, 2.24) is 14.7 Å². The van der Waals surface area contributed by atoms with Gasteiger partial charge in [0.15, 0.2) is 0 Å². The zero-order valence-electron chi connectivity index (χ0n) is 18.7. The fourth-order valence-corrected chi connectivity index (χ4v) is 4.65. The molecule has 1 aliphatic heterocycles. The zero-order valence-corrected chi connectivity index (χ0v) is 19.5. The van der Waals surface area contributed by atoms with E-state index in [9.17, 15) is 9.18 Å². The summed E-state index contributed by atoms with van der Waals surface area (Å²) in [5.74, 6) is 0.215. The zero-order chi connectivity index (χ0) is 23.5. The molecule has 1 fully saturated rings. The first kappa shape index (κ1) is 22.4. The van der Waals surface area contributed by atoms with Crippen molar-refractivity contribution in [3.63, 3.8) is 0 Å². The summed E-state index contributed by atoms with van der Waals surface area (Å²) in [5, 5.41) is 5.31. The molecule has 0 saturated carbocycles. The maximum Gasteiger partial charge on any atom is 0.272 e. The minimum Gasteiger partial charge on any atom is -0.337 e. The van der Waals surface area contributed by atoms with Gasteiger partial charge in [0.05, 0.1) is 11.4 Å². The molecule has 1 aliphatic rings. The maximum absolute atomic E-state index is 13.6. The van der Waals surface area contributed by atoms with Gasteiger partial charge in [0.2, 0.25) is 0 Å². The summed E-state index contributed by atoms with van der Waals surface area (Å²) in [6, 6.07) is 25.7. The molecule has 0 N–H and O–H groups in total. The number of hydrogen-bond donors (Lipinski definition) is 0. The van der Waals surface area contributed by atoms with E-state index in [1.807, 2.05) is 23.1 Å². The summed E-state index contributed by atoms with van der Waals surface area (Å²) in [4.78, 5) is 15.5. The van der Waals surface area contributed by atoms with Crippen LogP contribution in [0.3, 0.4) is 0 Å². The molecule has 0 spiro atoms. The smallest absolute Gasteiger partial charge is 0.272 e. The molecule has 3 aromatic carbocycles. The molecule has 0 unspecified atom stereocenters. The van der Waals surface area contributed by atoms with Gasteiger partial charge in [-0.1, -0.05) is 41.9 Å². The molecule has 0 bridgehead atoms. The van der Waals surface area contributed by atoms with Crippen molar-refractivity contribution < 1.29 is 9.18 Å². The Morgan fingerprint density at radius 1 is 0.941 bits per heavy atom. The van der Waals surface area contributed by atoms with Gasteiger partial charge in [-0.3, -0.25) is 4.79 Å². The summed E-state index contributed by atoms with van der Waals surface area (Å²) in [6.45, 7) is 1.43. The second kappa shape index (κ2) is 9.82. The average molecular weight is 474 g/mol. The third-order valence-corrected chi connectivity index (χ3v) is 6.66. The highest BCUT2D eigenvalue weighted by atomic mass is 35.5. The summed E-state index contributed by atoms with van der Waals surface area (Å²) in [6.07, 6.45) is 2.99. The molecule has 0 atom stereocenters. The molecule has 4 nitrogen and oxygen atoms in total. The number of aromatic nitrogens is 2. The molecular formula is C28H25ClFN3O. The number of benzene rings is 3. The number of piperidine rings is 1. The number of carbonyl (C=O) groups excluding carboxylic acids is 1. The molecule has 1 aromatic heterocycles. The van der Waals surface area contributed by atoms with Crippen LogP contribution in [0.1, 0.15) is 28.9 Å². The maximum atomic E-state index is 13.6. The topological polar surface area (TPSA) is 38.1 Å². The van der Waals surface area contributed by atoms with Crippen LogP contribution in [0.25, 0.3) is 16.9 Å². The number of rotatable bonds is 5. The van der Waals surface area contributed by atoms with E-state index >= 15 is 0 Å². The van der Waals surface area contributed by atoms with Gasteiger partial charge in [-0.05, 0) is 85.3 Å². The van der Waals surface area contributed by atoms with Crippen molar-refractivity contribution in [1.29, 1.82) is 0 Å². The monoisotopic (exact) mass is 473 g/mol. The quantitative estimate of drug-likeness (QED) is 0.335. The standard InChI is InChI=1S/C28H25ClFN3O/c29-23-8-12-25(13-9-23)33-27(19-26(31-33)22-6-10-24(30)11-7-22)28(34)32-16-14-21(15-17-32)18-20-4-2-1-3-5-20/h1-13,19,21H,14-18H2. The van der Waals surface area contributed by atoms with Crippen molar-refractivity contribution in [2.45, 2.75) is 19.3 Å². The van der Waals surface area contributed by atoms with Crippen molar-refractivity contribution in [2.75, 3.05) is 13.1 Å². The fraction of sp³-hybridized carbons (Fsp3) is 0.214. The Kier molecular flexibility index (Phi) is 6.45. The Labute approximate surface area is 203 Å². The molecule has 1 amide bonds. The predicted octanol–water partition coefficient (Wildman–Crippen LogP) is 6.43. The minimum atomic E-state index is -0.310. The summed E-state index contributed by atoms with van der Waals surface area (Å²) in [5.41, 5.74) is 3.96. The molecule has 6 heteroatoms. The van der Waals surface area contributed by atoms with Crippen molar-refractivity contribution in [3.8, 4) is 16.9 Å². The highest BCUT2D eigenvalue weighted by Gasteiger charge is 2.27. The normalized spacial score (nSPS) is 14.4. The lowest BCUT2D eigenvalue weighted by atomic mass is 9.90. The van der Waals surface area contributed by atoms with Crippen LogP contribution in [0, 0.1) is 11.7 Å². The number of likely N-dealkylation sites (tertiary alicyclic amines) is 1. The van der Waals surface area contributed by atoms with E-state index in [2.05, 4.69) is 24.3 Å². The highest BCUT2D eigenvalue weighted by Crippen LogP contribution is 2.27. The van der Waals surface area contributed by atoms with Crippen LogP contribution in [-0.4, -0.2) is 33.7 Å². The lowest BCUT2D eigenvalue weighted by Crippen LogP contribution is -2.39. The van der Waals surface area contributed by atoms with E-state index < -0.39 is 0 Å². The molecule has 172 valence electrons. The van der Waals surface area contributed by atoms with Crippen LogP contribution >= 0.6 is 11.6 Å². The van der Waals surface area contributed by atoms with Gasteiger partial charge < -0.3 is 4.90 Å². The third kappa shape index (κ3) is 4.90. The Balaban J connectivity index is 1.39. The molecule has 1 saturated heterocycles. The van der Waals surface area contributed by atoms with Gasteiger partial charge in [-0.15, -0.1) is 0 Å². The van der Waals surface area contributed by atoms with E-state index in [0.29, 0.717) is 35.4 Å². The first-order valence-electron chi connectivity index (χ1n) is 11.5. The van der Waals surface area contributed by atoms with Crippen LogP contribution < -0.4 is 0 Å². The van der Waals surface area contributed by atoms with Gasteiger partial charge in [-0.25, -0.2) is 9.07 Å². The van der Waals surface area contributed by atoms with Crippen molar-refractivity contribution >= 4 is 17.5 Å². The summed E-state index contributed by atoms with van der Waals surface area (Å²) in [7, 11) is 0. The van der Waals surface area contributed by atoms with E-state index in [4.69, 9.17) is 16.7 Å². The Bertz CT molecular complexity index is 1260. The number of carbonyl (C=O) groups is 1. The van der Waals surface area contributed by atoms with Crippen LogP contribution in [0.4, 0.5) is 4.39 Å². The molecule has 0 radical (unpaired) electrons. The van der Waals surface area contributed by atoms with Crippen LogP contribution in [0.15, 0.2) is 84.9 Å². The van der Waals surface area contributed by atoms with E-state index in [1.165, 1.54) is 17.7 Å². The van der Waals surface area contributed by atoms with E-state index in [1.54, 1.807) is 35.0 Å². The predicted molar refractivity (Wildman–Crippen MR) is 133 cm³/mol. The Hall–Kier alpha value is -3.44. The molecule has 2 heterocycles. The largest absolute Gasteiger partial charge is 0.337 e. The molecule has 5 rings (SSSR count). The van der Waals surface area contributed by atoms with E-state index in [-0.39, 0.29) is 11.7 Å². The summed E-state index contributed by atoms with van der Waals surface area (Å²) >= 11 is 6.07. The van der Waals surface area contributed by atoms with Crippen LogP contribution in [-0.2, 0) is 6.42 Å². The Morgan fingerprint density at radius 2 is 1.62 bits per heavy atom. The number of amides is 1. The van der Waals surface area contributed by atoms with Gasteiger partial charge in [-0.2, -0.15) is 5.10 Å². The number of nitrogens with zero attached hydrogens (tertiary/aromatic N) is 3. The summed E-state index contributed by atoms with van der Waals surface area (Å²) < 4.78 is 15.1. The van der Waals surface area contributed by atoms with Crippen LogP contribution in [0.5, 0.6) is 0 Å². The third-order valence-electron chi connectivity index (χ3n) is 6.41. The van der Waals surface area contributed by atoms with Crippen molar-refractivity contribution in [3.05, 3.63) is 107 Å². The number of hydrogen-bond acceptors (Lipinski definition) is 2. The van der Waals surface area contributed by atoms with Crippen LogP contribution in [0.2, 0.25) is 5.02 Å². The molecular weight excluding hydrogens is 449 g/mol. The lowest BCUT2D eigenvalue weighted by molar-refractivity contribution is 0.0681. The SMILES string of the molecule is O=C(c1cc(-c2ccc(F)cc2)nn1-c1ccc(Cl)cc1)N1CCC(Cc2ccccc2)CC1. The second-order valence-electron chi connectivity index (χ2n) is 8.74. The lowest BCUT2D eigenvalue weighted by Gasteiger charge is -2.32. The first-order chi connectivity index (χ1) is 16.6. The average Bonchev–Trinajstić information content (AvgIpc) is 3.31.